The van der Waals surface area contributed by atoms with Crippen LogP contribution in [0.25, 0.3) is 0 Å². The summed E-state index contributed by atoms with van der Waals surface area (Å²) in [6.07, 6.45) is 1.12. The lowest BCUT2D eigenvalue weighted by molar-refractivity contribution is -0.134. The Bertz CT molecular complexity index is 716. The number of hydrogen-bond donors (Lipinski definition) is 3. The lowest BCUT2D eigenvalue weighted by Crippen LogP contribution is -2.36. The summed E-state index contributed by atoms with van der Waals surface area (Å²) >= 11 is 0. The predicted octanol–water partition coefficient (Wildman–Crippen LogP) is 2.72. The molecule has 1 heterocycles. The van der Waals surface area contributed by atoms with Crippen LogP contribution >= 0.6 is 0 Å². The summed E-state index contributed by atoms with van der Waals surface area (Å²) in [6, 6.07) is 8.49. The van der Waals surface area contributed by atoms with Crippen LogP contribution < -0.4 is 5.32 Å². The zero-order valence-corrected chi connectivity index (χ0v) is 17.5. The summed E-state index contributed by atoms with van der Waals surface area (Å²) in [4.78, 5) is 26.0. The first-order chi connectivity index (χ1) is 13.6. The standard InChI is InChI=1S/C17H27N3O.C4H4O4/c1-17(2,3)16(18-4)19-15-8-6-5-7-14(15)13-20-9-11-21-12-10-20;5-3(6)1-2-4(7)8/h5-8H,9-13H2,1-4H3,(H,18,19);1-2H,(H,5,6)(H,7,8)/b;2-1+. The van der Waals surface area contributed by atoms with Crippen molar-refractivity contribution < 1.29 is 24.5 Å². The Morgan fingerprint density at radius 3 is 2.17 bits per heavy atom. The predicted molar refractivity (Wildman–Crippen MR) is 113 cm³/mol. The second kappa shape index (κ2) is 12.0. The molecule has 0 aromatic heterocycles. The average Bonchev–Trinajstić information content (AvgIpc) is 2.66. The first-order valence-electron chi connectivity index (χ1n) is 9.39. The van der Waals surface area contributed by atoms with Crippen molar-refractivity contribution in [1.82, 2.24) is 4.90 Å². The van der Waals surface area contributed by atoms with E-state index in [1.54, 1.807) is 0 Å². The van der Waals surface area contributed by atoms with Crippen molar-refractivity contribution in [3.63, 3.8) is 0 Å². The number of nitrogens with zero attached hydrogens (tertiary/aromatic N) is 2. The number of carboxylic acids is 2. The highest BCUT2D eigenvalue weighted by Gasteiger charge is 2.20. The van der Waals surface area contributed by atoms with Gasteiger partial charge in [0.05, 0.1) is 13.2 Å². The van der Waals surface area contributed by atoms with Gasteiger partial charge in [0.1, 0.15) is 5.84 Å². The highest BCUT2D eigenvalue weighted by molar-refractivity contribution is 5.99. The van der Waals surface area contributed by atoms with Crippen molar-refractivity contribution in [2.75, 3.05) is 38.7 Å². The molecular formula is C21H31N3O5. The quantitative estimate of drug-likeness (QED) is 0.392. The molecule has 1 aromatic carbocycles. The molecule has 3 N–H and O–H groups in total. The van der Waals surface area contributed by atoms with E-state index in [2.05, 4.69) is 60.2 Å². The topological polar surface area (TPSA) is 111 Å². The fourth-order valence-electron chi connectivity index (χ4n) is 2.63. The van der Waals surface area contributed by atoms with Crippen LogP contribution in [0.5, 0.6) is 0 Å². The van der Waals surface area contributed by atoms with Crippen molar-refractivity contribution >= 4 is 23.5 Å². The van der Waals surface area contributed by atoms with Crippen LogP contribution in [0.3, 0.4) is 0 Å². The summed E-state index contributed by atoms with van der Waals surface area (Å²) in [5.41, 5.74) is 2.48. The smallest absolute Gasteiger partial charge is 0.328 e. The number of rotatable bonds is 5. The minimum atomic E-state index is -1.26. The summed E-state index contributed by atoms with van der Waals surface area (Å²) in [5.74, 6) is -1.50. The number of benzene rings is 1. The molecule has 29 heavy (non-hydrogen) atoms. The van der Waals surface area contributed by atoms with Gasteiger partial charge in [0.25, 0.3) is 0 Å². The lowest BCUT2D eigenvalue weighted by atomic mass is 9.94. The van der Waals surface area contributed by atoms with Gasteiger partial charge in [-0.2, -0.15) is 0 Å². The maximum Gasteiger partial charge on any atom is 0.328 e. The van der Waals surface area contributed by atoms with E-state index in [4.69, 9.17) is 14.9 Å². The van der Waals surface area contributed by atoms with Crippen molar-refractivity contribution in [2.45, 2.75) is 27.3 Å². The molecule has 0 spiro atoms. The number of hydrogen-bond acceptors (Lipinski definition) is 5. The molecule has 1 aliphatic rings. The fraction of sp³-hybridized carbons (Fsp3) is 0.476. The molecule has 0 aliphatic carbocycles. The van der Waals surface area contributed by atoms with Gasteiger partial charge >= 0.3 is 11.9 Å². The minimum absolute atomic E-state index is 0.0147. The van der Waals surface area contributed by atoms with Crippen LogP contribution in [0, 0.1) is 5.41 Å². The average molecular weight is 405 g/mol. The normalized spacial score (nSPS) is 15.5. The minimum Gasteiger partial charge on any atom is -0.478 e. The Labute approximate surface area is 171 Å². The highest BCUT2D eigenvalue weighted by atomic mass is 16.5. The van der Waals surface area contributed by atoms with E-state index in [-0.39, 0.29) is 5.41 Å². The third-order valence-electron chi connectivity index (χ3n) is 4.07. The number of nitrogens with one attached hydrogen (secondary N) is 1. The molecule has 1 saturated heterocycles. The molecule has 160 valence electrons. The van der Waals surface area contributed by atoms with Crippen molar-refractivity contribution in [1.29, 1.82) is 0 Å². The molecule has 1 aromatic rings. The fourth-order valence-corrected chi connectivity index (χ4v) is 2.63. The zero-order valence-electron chi connectivity index (χ0n) is 17.5. The number of aliphatic carboxylic acids is 2. The Balaban J connectivity index is 0.000000447. The summed E-state index contributed by atoms with van der Waals surface area (Å²) in [6.45, 7) is 11.1. The van der Waals surface area contributed by atoms with Crippen LogP contribution in [0.1, 0.15) is 26.3 Å². The monoisotopic (exact) mass is 405 g/mol. The molecule has 1 aliphatic heterocycles. The first kappa shape index (κ1) is 24.3. The van der Waals surface area contributed by atoms with Gasteiger partial charge in [-0.1, -0.05) is 39.0 Å². The van der Waals surface area contributed by atoms with Crippen LogP contribution in [0.2, 0.25) is 0 Å². The van der Waals surface area contributed by atoms with Crippen LogP contribution in [0.15, 0.2) is 41.4 Å². The third-order valence-corrected chi connectivity index (χ3v) is 4.07. The SMILES string of the molecule is CN=C(Nc1ccccc1CN1CCOCC1)C(C)(C)C.O=C(O)/C=C/C(=O)O. The zero-order chi connectivity index (χ0) is 21.9. The number of amidine groups is 1. The number of carboxylic acid groups (broad SMARTS) is 2. The van der Waals surface area contributed by atoms with Gasteiger partial charge < -0.3 is 20.3 Å². The van der Waals surface area contributed by atoms with Crippen LogP contribution in [-0.4, -0.2) is 66.2 Å². The first-order valence-corrected chi connectivity index (χ1v) is 9.39. The Hall–Kier alpha value is -2.71. The molecule has 0 radical (unpaired) electrons. The number of morpholine rings is 1. The third kappa shape index (κ3) is 9.87. The number of ether oxygens (including phenoxy) is 1. The Morgan fingerprint density at radius 1 is 1.14 bits per heavy atom. The Kier molecular flexibility index (Phi) is 10.1. The highest BCUT2D eigenvalue weighted by Crippen LogP contribution is 2.22. The van der Waals surface area contributed by atoms with E-state index in [9.17, 15) is 9.59 Å². The number of para-hydroxylation sites is 1. The molecule has 1 fully saturated rings. The summed E-state index contributed by atoms with van der Waals surface area (Å²) in [7, 11) is 1.85. The van der Waals surface area contributed by atoms with Crippen LogP contribution in [0.4, 0.5) is 5.69 Å². The molecule has 8 nitrogen and oxygen atoms in total. The summed E-state index contributed by atoms with van der Waals surface area (Å²) in [5, 5.41) is 19.1. The van der Waals surface area contributed by atoms with E-state index >= 15 is 0 Å². The van der Waals surface area contributed by atoms with Crippen LogP contribution in [-0.2, 0) is 20.9 Å². The number of anilines is 1. The second-order valence-electron chi connectivity index (χ2n) is 7.50. The molecule has 0 atom stereocenters. The molecule has 2 rings (SSSR count). The van der Waals surface area contributed by atoms with E-state index in [0.717, 1.165) is 44.4 Å². The van der Waals surface area contributed by atoms with Gasteiger partial charge in [-0.15, -0.1) is 0 Å². The largest absolute Gasteiger partial charge is 0.478 e. The van der Waals surface area contributed by atoms with Gasteiger partial charge in [-0.05, 0) is 11.6 Å². The number of aliphatic imine (C=N–C) groups is 1. The van der Waals surface area contributed by atoms with Gasteiger partial charge in [-0.3, -0.25) is 9.89 Å². The van der Waals surface area contributed by atoms with E-state index < -0.39 is 11.9 Å². The second-order valence-corrected chi connectivity index (χ2v) is 7.50. The van der Waals surface area contributed by atoms with Crippen molar-refractivity contribution in [3.8, 4) is 0 Å². The van der Waals surface area contributed by atoms with Gasteiger partial charge in [0.2, 0.25) is 0 Å². The Morgan fingerprint density at radius 2 is 1.69 bits per heavy atom. The lowest BCUT2D eigenvalue weighted by Gasteiger charge is -2.28. The molecule has 8 heteroatoms. The molecule has 0 unspecified atom stereocenters. The van der Waals surface area contributed by atoms with Gasteiger partial charge in [0.15, 0.2) is 0 Å². The molecule has 0 bridgehead atoms. The number of carbonyl (C=O) groups is 2. The van der Waals surface area contributed by atoms with Crippen molar-refractivity contribution in [2.24, 2.45) is 10.4 Å². The van der Waals surface area contributed by atoms with Gasteiger partial charge in [-0.25, -0.2) is 9.59 Å². The molecule has 0 amide bonds. The van der Waals surface area contributed by atoms with Gasteiger partial charge in [0, 0.05) is 49.9 Å². The van der Waals surface area contributed by atoms with E-state index in [1.165, 1.54) is 5.56 Å². The van der Waals surface area contributed by atoms with Crippen molar-refractivity contribution in [3.05, 3.63) is 42.0 Å². The van der Waals surface area contributed by atoms with E-state index in [0.29, 0.717) is 12.2 Å². The summed E-state index contributed by atoms with van der Waals surface area (Å²) < 4.78 is 5.42. The molecule has 0 saturated carbocycles. The van der Waals surface area contributed by atoms with E-state index in [1.807, 2.05) is 7.05 Å². The maximum absolute atomic E-state index is 9.55. The molecular weight excluding hydrogens is 374 g/mol. The maximum atomic E-state index is 9.55.